The minimum absolute atomic E-state index is 0.0749. The van der Waals surface area contributed by atoms with Gasteiger partial charge in [-0.05, 0) is 31.1 Å². The number of nitrogens with one attached hydrogen (secondary N) is 1. The molecule has 1 saturated heterocycles. The predicted molar refractivity (Wildman–Crippen MR) is 83.4 cm³/mol. The number of carbonyl (C=O) groups is 1. The first-order chi connectivity index (χ1) is 9.63. The lowest BCUT2D eigenvalue weighted by Crippen LogP contribution is -2.44. The number of nitrogens with zero attached hydrogens (tertiary/aromatic N) is 1. The van der Waals surface area contributed by atoms with Gasteiger partial charge in [-0.25, -0.2) is 0 Å². The van der Waals surface area contributed by atoms with Crippen LogP contribution in [0.5, 0.6) is 0 Å². The van der Waals surface area contributed by atoms with Crippen LogP contribution in [0, 0.1) is 11.8 Å². The Labute approximate surface area is 124 Å². The molecular weight excluding hydrogens is 248 g/mol. The molecule has 0 aromatic heterocycles. The second kappa shape index (κ2) is 7.44. The maximum absolute atomic E-state index is 12.7. The zero-order valence-corrected chi connectivity index (χ0v) is 13.5. The van der Waals surface area contributed by atoms with Gasteiger partial charge in [0, 0.05) is 6.54 Å². The van der Waals surface area contributed by atoms with Gasteiger partial charge < -0.3 is 4.90 Å². The Kier molecular flexibility index (Phi) is 5.88. The second-order valence-corrected chi connectivity index (χ2v) is 7.04. The monoisotopic (exact) mass is 280 g/mol. The highest BCUT2D eigenvalue weighted by molar-refractivity contribution is 5.84. The first kappa shape index (κ1) is 15.8. The molecule has 2 unspecified atom stereocenters. The molecular formula is C17H32N2O. The summed E-state index contributed by atoms with van der Waals surface area (Å²) >= 11 is 0. The van der Waals surface area contributed by atoms with E-state index < -0.39 is 0 Å². The molecule has 1 heterocycles. The average Bonchev–Trinajstić information content (AvgIpc) is 2.75. The normalized spacial score (nSPS) is 28.6. The lowest BCUT2D eigenvalue weighted by Gasteiger charge is -2.32. The predicted octanol–water partition coefficient (Wildman–Crippen LogP) is 3.54. The van der Waals surface area contributed by atoms with Crippen LogP contribution in [-0.2, 0) is 4.79 Å². The van der Waals surface area contributed by atoms with Gasteiger partial charge in [0.1, 0.15) is 0 Å². The Hall–Kier alpha value is -0.570. The van der Waals surface area contributed by atoms with Gasteiger partial charge in [-0.3, -0.25) is 10.1 Å². The molecule has 0 aromatic rings. The van der Waals surface area contributed by atoms with Gasteiger partial charge >= 0.3 is 0 Å². The van der Waals surface area contributed by atoms with Crippen LogP contribution in [0.1, 0.15) is 72.1 Å². The van der Waals surface area contributed by atoms with Crippen LogP contribution in [0.15, 0.2) is 0 Å². The van der Waals surface area contributed by atoms with E-state index in [4.69, 9.17) is 0 Å². The molecule has 2 aliphatic rings. The fourth-order valence-corrected chi connectivity index (χ4v) is 3.72. The van der Waals surface area contributed by atoms with Gasteiger partial charge in [0.15, 0.2) is 0 Å². The fourth-order valence-electron chi connectivity index (χ4n) is 3.72. The molecule has 2 rings (SSSR count). The van der Waals surface area contributed by atoms with E-state index in [1.807, 2.05) is 0 Å². The van der Waals surface area contributed by atoms with Crippen LogP contribution >= 0.6 is 0 Å². The first-order valence-corrected chi connectivity index (χ1v) is 8.70. The Morgan fingerprint density at radius 1 is 1.25 bits per heavy atom. The summed E-state index contributed by atoms with van der Waals surface area (Å²) in [5, 5.41) is 3.59. The fraction of sp³-hybridized carbons (Fsp3) is 0.941. The van der Waals surface area contributed by atoms with Crippen LogP contribution in [0.3, 0.4) is 0 Å². The number of hydrogen-bond donors (Lipinski definition) is 1. The van der Waals surface area contributed by atoms with Gasteiger partial charge in [-0.2, -0.15) is 0 Å². The molecule has 20 heavy (non-hydrogen) atoms. The standard InChI is InChI=1S/C17H32N2O/c1-4-5-11-15-17(20)19(16(18-15)13(2)3)12-14-9-7-6-8-10-14/h13-16,18H,4-12H2,1-3H3. The molecule has 3 heteroatoms. The van der Waals surface area contributed by atoms with Crippen molar-refractivity contribution in [3.8, 4) is 0 Å². The number of carbonyl (C=O) groups excluding carboxylic acids is 1. The molecule has 1 saturated carbocycles. The summed E-state index contributed by atoms with van der Waals surface area (Å²) in [7, 11) is 0. The molecule has 0 spiro atoms. The van der Waals surface area contributed by atoms with E-state index in [0.29, 0.717) is 11.8 Å². The van der Waals surface area contributed by atoms with E-state index in [1.54, 1.807) is 0 Å². The summed E-state index contributed by atoms with van der Waals surface area (Å²) in [4.78, 5) is 14.8. The van der Waals surface area contributed by atoms with Crippen molar-refractivity contribution < 1.29 is 4.79 Å². The maximum Gasteiger partial charge on any atom is 0.241 e. The summed E-state index contributed by atoms with van der Waals surface area (Å²) in [5.41, 5.74) is 0. The van der Waals surface area contributed by atoms with Crippen LogP contribution in [0.4, 0.5) is 0 Å². The van der Waals surface area contributed by atoms with Gasteiger partial charge in [0.25, 0.3) is 0 Å². The second-order valence-electron chi connectivity index (χ2n) is 7.04. The van der Waals surface area contributed by atoms with E-state index in [9.17, 15) is 4.79 Å². The van der Waals surface area contributed by atoms with Crippen molar-refractivity contribution in [1.29, 1.82) is 0 Å². The first-order valence-electron chi connectivity index (χ1n) is 8.70. The average molecular weight is 280 g/mol. The summed E-state index contributed by atoms with van der Waals surface area (Å²) in [6, 6.07) is 0.0749. The Morgan fingerprint density at radius 2 is 1.95 bits per heavy atom. The molecule has 0 aromatic carbocycles. The third-order valence-electron chi connectivity index (χ3n) is 4.95. The molecule has 116 valence electrons. The Morgan fingerprint density at radius 3 is 2.55 bits per heavy atom. The van der Waals surface area contributed by atoms with Crippen LogP contribution < -0.4 is 5.32 Å². The molecule has 0 bridgehead atoms. The smallest absolute Gasteiger partial charge is 0.241 e. The largest absolute Gasteiger partial charge is 0.325 e. The summed E-state index contributed by atoms with van der Waals surface area (Å²) in [6.45, 7) is 7.62. The van der Waals surface area contributed by atoms with Crippen molar-refractivity contribution in [3.05, 3.63) is 0 Å². The highest BCUT2D eigenvalue weighted by atomic mass is 16.2. The van der Waals surface area contributed by atoms with E-state index in [-0.39, 0.29) is 12.2 Å². The number of hydrogen-bond acceptors (Lipinski definition) is 2. The molecule has 1 aliphatic carbocycles. The van der Waals surface area contributed by atoms with Crippen LogP contribution in [-0.4, -0.2) is 29.6 Å². The SMILES string of the molecule is CCCCC1NC(C(C)C)N(CC2CCCCC2)C1=O. The van der Waals surface area contributed by atoms with E-state index in [0.717, 1.165) is 25.3 Å². The molecule has 1 aliphatic heterocycles. The number of unbranched alkanes of at least 4 members (excludes halogenated alkanes) is 1. The maximum atomic E-state index is 12.7. The van der Waals surface area contributed by atoms with Gasteiger partial charge in [0.2, 0.25) is 5.91 Å². The van der Waals surface area contributed by atoms with Crippen LogP contribution in [0.2, 0.25) is 0 Å². The molecule has 0 radical (unpaired) electrons. The van der Waals surface area contributed by atoms with Gasteiger partial charge in [0.05, 0.1) is 12.2 Å². The lowest BCUT2D eigenvalue weighted by atomic mass is 9.88. The summed E-state index contributed by atoms with van der Waals surface area (Å²) < 4.78 is 0. The van der Waals surface area contributed by atoms with Crippen molar-refractivity contribution in [1.82, 2.24) is 10.2 Å². The quantitative estimate of drug-likeness (QED) is 0.807. The van der Waals surface area contributed by atoms with Crippen molar-refractivity contribution in [3.63, 3.8) is 0 Å². The van der Waals surface area contributed by atoms with Gasteiger partial charge in [-0.15, -0.1) is 0 Å². The number of rotatable bonds is 6. The van der Waals surface area contributed by atoms with Crippen molar-refractivity contribution in [2.24, 2.45) is 11.8 Å². The molecule has 1 N–H and O–H groups in total. The Bertz CT molecular complexity index is 310. The third-order valence-corrected chi connectivity index (χ3v) is 4.95. The molecule has 3 nitrogen and oxygen atoms in total. The highest BCUT2D eigenvalue weighted by Crippen LogP contribution is 2.28. The zero-order chi connectivity index (χ0) is 14.5. The van der Waals surface area contributed by atoms with Crippen molar-refractivity contribution >= 4 is 5.91 Å². The van der Waals surface area contributed by atoms with Crippen molar-refractivity contribution in [2.75, 3.05) is 6.54 Å². The van der Waals surface area contributed by atoms with E-state index in [1.165, 1.54) is 38.5 Å². The molecule has 2 atom stereocenters. The summed E-state index contributed by atoms with van der Waals surface area (Å²) in [5.74, 6) is 1.59. The minimum Gasteiger partial charge on any atom is -0.325 e. The Balaban J connectivity index is 1.97. The minimum atomic E-state index is 0.0749. The van der Waals surface area contributed by atoms with Gasteiger partial charge in [-0.1, -0.05) is 52.9 Å². The van der Waals surface area contributed by atoms with Crippen LogP contribution in [0.25, 0.3) is 0 Å². The zero-order valence-electron chi connectivity index (χ0n) is 13.5. The summed E-state index contributed by atoms with van der Waals surface area (Å²) in [6.07, 6.45) is 10.3. The molecule has 1 amide bonds. The lowest BCUT2D eigenvalue weighted by molar-refractivity contribution is -0.131. The van der Waals surface area contributed by atoms with E-state index in [2.05, 4.69) is 31.0 Å². The third kappa shape index (κ3) is 3.75. The number of amides is 1. The topological polar surface area (TPSA) is 32.3 Å². The van der Waals surface area contributed by atoms with Crippen molar-refractivity contribution in [2.45, 2.75) is 84.3 Å². The van der Waals surface area contributed by atoms with E-state index >= 15 is 0 Å². The molecule has 2 fully saturated rings. The highest BCUT2D eigenvalue weighted by Gasteiger charge is 2.40.